The molecule has 0 bridgehead atoms. The van der Waals surface area contributed by atoms with Gasteiger partial charge in [-0.3, -0.25) is 0 Å². The van der Waals surface area contributed by atoms with Crippen LogP contribution in [0.3, 0.4) is 0 Å². The van der Waals surface area contributed by atoms with Crippen LogP contribution >= 0.6 is 0 Å². The summed E-state index contributed by atoms with van der Waals surface area (Å²) >= 11 is 0. The number of hydrogen-bond acceptors (Lipinski definition) is 3. The molecule has 1 atom stereocenters. The van der Waals surface area contributed by atoms with Crippen molar-refractivity contribution >= 4 is 10.0 Å². The third kappa shape index (κ3) is 5.31. The van der Waals surface area contributed by atoms with E-state index in [0.717, 1.165) is 42.4 Å². The molecule has 2 rings (SSSR count). The Bertz CT molecular complexity index is 830. The van der Waals surface area contributed by atoms with E-state index in [2.05, 4.69) is 25.1 Å². The van der Waals surface area contributed by atoms with Crippen LogP contribution in [0.4, 0.5) is 0 Å². The third-order valence-corrected chi connectivity index (χ3v) is 6.79. The van der Waals surface area contributed by atoms with Gasteiger partial charge in [0.05, 0.1) is 11.0 Å². The van der Waals surface area contributed by atoms with Crippen LogP contribution in [-0.4, -0.2) is 25.8 Å². The number of rotatable bonds is 8. The molecule has 1 unspecified atom stereocenters. The number of nitrogens with zero attached hydrogens (tertiary/aromatic N) is 2. The Morgan fingerprint density at radius 1 is 1.26 bits per heavy atom. The van der Waals surface area contributed by atoms with Gasteiger partial charge in [0.2, 0.25) is 10.0 Å². The maximum Gasteiger partial charge on any atom is 0.243 e. The van der Waals surface area contributed by atoms with Gasteiger partial charge in [-0.15, -0.1) is 0 Å². The molecule has 27 heavy (non-hydrogen) atoms. The SMILES string of the molecule is CCCC/C=C/C1CN(S(=O)(=O)c2ccc(C)cc2)C/C1=C(/C#N)CCC. The molecular weight excluding hydrogens is 356 g/mol. The van der Waals surface area contributed by atoms with E-state index in [4.69, 9.17) is 0 Å². The van der Waals surface area contributed by atoms with Crippen molar-refractivity contribution in [2.45, 2.75) is 57.8 Å². The Labute approximate surface area is 164 Å². The largest absolute Gasteiger partial charge is 0.243 e. The summed E-state index contributed by atoms with van der Waals surface area (Å²) in [6, 6.07) is 9.28. The molecule has 1 aromatic carbocycles. The van der Waals surface area contributed by atoms with Gasteiger partial charge in [0, 0.05) is 24.6 Å². The van der Waals surface area contributed by atoms with Crippen LogP contribution in [0.5, 0.6) is 0 Å². The highest BCUT2D eigenvalue weighted by Crippen LogP contribution is 2.32. The monoisotopic (exact) mass is 386 g/mol. The van der Waals surface area contributed by atoms with E-state index in [0.29, 0.717) is 24.4 Å². The average molecular weight is 387 g/mol. The summed E-state index contributed by atoms with van der Waals surface area (Å²) in [5.74, 6) is -0.0109. The van der Waals surface area contributed by atoms with Crippen LogP contribution in [0.15, 0.2) is 52.5 Å². The molecule has 1 aromatic rings. The minimum Gasteiger partial charge on any atom is -0.207 e. The van der Waals surface area contributed by atoms with Crippen LogP contribution in [0, 0.1) is 24.2 Å². The lowest BCUT2D eigenvalue weighted by Crippen LogP contribution is -2.28. The third-order valence-electron chi connectivity index (χ3n) is 4.97. The lowest BCUT2D eigenvalue weighted by molar-refractivity contribution is 0.471. The van der Waals surface area contributed by atoms with E-state index in [1.54, 1.807) is 12.1 Å². The molecule has 1 saturated heterocycles. The molecular formula is C22H30N2O2S. The van der Waals surface area contributed by atoms with Crippen molar-refractivity contribution in [3.63, 3.8) is 0 Å². The van der Waals surface area contributed by atoms with Gasteiger partial charge in [0.15, 0.2) is 0 Å². The Morgan fingerprint density at radius 3 is 2.56 bits per heavy atom. The van der Waals surface area contributed by atoms with E-state index in [1.165, 1.54) is 4.31 Å². The first-order valence-corrected chi connectivity index (χ1v) is 11.2. The predicted octanol–water partition coefficient (Wildman–Crippen LogP) is 4.98. The fraction of sp³-hybridized carbons (Fsp3) is 0.500. The zero-order chi connectivity index (χ0) is 19.9. The van der Waals surface area contributed by atoms with E-state index < -0.39 is 10.0 Å². The summed E-state index contributed by atoms with van der Waals surface area (Å²) < 4.78 is 27.7. The number of benzene rings is 1. The van der Waals surface area contributed by atoms with E-state index in [1.807, 2.05) is 26.0 Å². The molecule has 0 aromatic heterocycles. The highest BCUT2D eigenvalue weighted by molar-refractivity contribution is 7.89. The maximum absolute atomic E-state index is 13.1. The lowest BCUT2D eigenvalue weighted by Gasteiger charge is -2.15. The molecule has 0 radical (unpaired) electrons. The molecule has 0 spiro atoms. The zero-order valence-corrected chi connectivity index (χ0v) is 17.4. The number of nitriles is 1. The van der Waals surface area contributed by atoms with Gasteiger partial charge in [0.25, 0.3) is 0 Å². The minimum absolute atomic E-state index is 0.0109. The average Bonchev–Trinajstić information content (AvgIpc) is 3.08. The lowest BCUT2D eigenvalue weighted by atomic mass is 9.94. The van der Waals surface area contributed by atoms with Gasteiger partial charge in [0.1, 0.15) is 0 Å². The second-order valence-corrected chi connectivity index (χ2v) is 9.09. The highest BCUT2D eigenvalue weighted by Gasteiger charge is 2.36. The van der Waals surface area contributed by atoms with Crippen molar-refractivity contribution < 1.29 is 8.42 Å². The fourth-order valence-electron chi connectivity index (χ4n) is 3.36. The summed E-state index contributed by atoms with van der Waals surface area (Å²) in [5.41, 5.74) is 2.73. The molecule has 1 aliphatic rings. The number of sulfonamides is 1. The molecule has 1 heterocycles. The first-order valence-electron chi connectivity index (χ1n) is 9.79. The summed E-state index contributed by atoms with van der Waals surface area (Å²) in [4.78, 5) is 0.317. The minimum atomic E-state index is -3.56. The van der Waals surface area contributed by atoms with Gasteiger partial charge in [-0.05, 0) is 37.5 Å². The fourth-order valence-corrected chi connectivity index (χ4v) is 4.80. The molecule has 146 valence electrons. The maximum atomic E-state index is 13.1. The molecule has 0 amide bonds. The smallest absolute Gasteiger partial charge is 0.207 e. The number of unbranched alkanes of at least 4 members (excludes halogenated alkanes) is 2. The second kappa shape index (κ2) is 9.87. The van der Waals surface area contributed by atoms with Crippen molar-refractivity contribution in [3.8, 4) is 6.07 Å². The van der Waals surface area contributed by atoms with Gasteiger partial charge in [-0.2, -0.15) is 9.57 Å². The molecule has 5 heteroatoms. The van der Waals surface area contributed by atoms with E-state index in [-0.39, 0.29) is 5.92 Å². The van der Waals surface area contributed by atoms with Gasteiger partial charge in [-0.25, -0.2) is 8.42 Å². The van der Waals surface area contributed by atoms with Crippen molar-refractivity contribution in [1.29, 1.82) is 5.26 Å². The van der Waals surface area contributed by atoms with Crippen LogP contribution < -0.4 is 0 Å². The van der Waals surface area contributed by atoms with Gasteiger partial charge < -0.3 is 0 Å². The summed E-state index contributed by atoms with van der Waals surface area (Å²) in [7, 11) is -3.56. The Morgan fingerprint density at radius 2 is 1.96 bits per heavy atom. The quantitative estimate of drug-likeness (QED) is 0.359. The molecule has 0 N–H and O–H groups in total. The molecule has 0 saturated carbocycles. The topological polar surface area (TPSA) is 61.2 Å². The standard InChI is InChI=1S/C22H30N2O2S/c1-4-6-7-8-10-20-16-24(17-22(20)19(15-23)9-5-2)27(25,26)21-13-11-18(3)12-14-21/h8,10-14,20H,4-7,9,16-17H2,1-3H3/b10-8+,22-19-. The molecule has 1 aliphatic heterocycles. The number of aryl methyl sites for hydroxylation is 1. The van der Waals surface area contributed by atoms with E-state index >= 15 is 0 Å². The Kier molecular flexibility index (Phi) is 7.82. The van der Waals surface area contributed by atoms with Crippen LogP contribution in [-0.2, 0) is 10.0 Å². The van der Waals surface area contributed by atoms with Crippen molar-refractivity contribution in [2.24, 2.45) is 5.92 Å². The van der Waals surface area contributed by atoms with Crippen molar-refractivity contribution in [3.05, 3.63) is 53.1 Å². The molecule has 4 nitrogen and oxygen atoms in total. The van der Waals surface area contributed by atoms with Crippen molar-refractivity contribution in [1.82, 2.24) is 4.31 Å². The first kappa shape index (κ1) is 21.4. The number of allylic oxidation sites excluding steroid dienone is 2. The number of hydrogen-bond donors (Lipinski definition) is 0. The van der Waals surface area contributed by atoms with Crippen molar-refractivity contribution in [2.75, 3.05) is 13.1 Å². The first-order chi connectivity index (χ1) is 12.9. The zero-order valence-electron chi connectivity index (χ0n) is 16.6. The molecule has 0 aliphatic carbocycles. The Balaban J connectivity index is 2.33. The normalized spacial score (nSPS) is 20.1. The van der Waals surface area contributed by atoms with E-state index in [9.17, 15) is 13.7 Å². The van der Waals surface area contributed by atoms with Crippen LogP contribution in [0.25, 0.3) is 0 Å². The summed E-state index contributed by atoms with van der Waals surface area (Å²) in [6.45, 7) is 6.85. The highest BCUT2D eigenvalue weighted by atomic mass is 32.2. The second-order valence-electron chi connectivity index (χ2n) is 7.15. The summed E-state index contributed by atoms with van der Waals surface area (Å²) in [6.07, 6.45) is 9.05. The van der Waals surface area contributed by atoms with Crippen LogP contribution in [0.2, 0.25) is 0 Å². The van der Waals surface area contributed by atoms with Crippen LogP contribution in [0.1, 0.15) is 51.5 Å². The predicted molar refractivity (Wildman–Crippen MR) is 110 cm³/mol. The summed E-state index contributed by atoms with van der Waals surface area (Å²) in [5, 5.41) is 9.58. The Hall–Kier alpha value is -1.90. The molecule has 1 fully saturated rings. The van der Waals surface area contributed by atoms with Gasteiger partial charge >= 0.3 is 0 Å². The van der Waals surface area contributed by atoms with Gasteiger partial charge in [-0.1, -0.05) is 63.0 Å².